The van der Waals surface area contributed by atoms with Gasteiger partial charge in [-0.3, -0.25) is 0 Å². The summed E-state index contributed by atoms with van der Waals surface area (Å²) >= 11 is 0. The number of aliphatic hydroxyl groups is 2. The van der Waals surface area contributed by atoms with E-state index in [9.17, 15) is 10.2 Å². The molecule has 3 nitrogen and oxygen atoms in total. The molecule has 3 heteroatoms. The van der Waals surface area contributed by atoms with Crippen molar-refractivity contribution in [1.82, 2.24) is 0 Å². The molecule has 5 atom stereocenters. The molecule has 0 spiro atoms. The zero-order valence-electron chi connectivity index (χ0n) is 28.3. The van der Waals surface area contributed by atoms with Gasteiger partial charge in [-0.2, -0.15) is 0 Å². The standard InChI is InChI=1S/C40H56O3/c1-29(17-13-19-31(3)21-22-36-33(5)25-34(41)26-37(36,6)7)15-11-12-16-30(2)18-14-20-32(4)23-24-40-38(8,9)27-35(42)28-39(40,10)43-40/h11-25,34-36,41-42H,26-28H2,1-10H3/b12-11+,17-13+,18-14+,22-21+,24-23+,29-15+,30-16+,31-19+,32-20-/t34-,35-,36+,39+,40+/m0/s1. The van der Waals surface area contributed by atoms with Gasteiger partial charge in [-0.1, -0.05) is 141 Å². The Balaban J connectivity index is 1.49. The zero-order chi connectivity index (χ0) is 32.1. The summed E-state index contributed by atoms with van der Waals surface area (Å²) in [5.74, 6) is 0.345. The minimum absolute atomic E-state index is 0.0547. The normalized spacial score (nSPS) is 33.8. The summed E-state index contributed by atoms with van der Waals surface area (Å²) < 4.78 is 6.25. The first-order valence-corrected chi connectivity index (χ1v) is 15.8. The molecule has 0 aromatic carbocycles. The molecule has 1 saturated carbocycles. The minimum atomic E-state index is -0.333. The van der Waals surface area contributed by atoms with E-state index in [1.165, 1.54) is 27.9 Å². The van der Waals surface area contributed by atoms with Crippen LogP contribution in [0.3, 0.4) is 0 Å². The summed E-state index contributed by atoms with van der Waals surface area (Å²) in [4.78, 5) is 0. The summed E-state index contributed by atoms with van der Waals surface area (Å²) in [5.41, 5.74) is 5.38. The van der Waals surface area contributed by atoms with E-state index in [4.69, 9.17) is 4.74 Å². The lowest BCUT2D eigenvalue weighted by molar-refractivity contribution is 0.0515. The van der Waals surface area contributed by atoms with Crippen molar-refractivity contribution in [2.75, 3.05) is 0 Å². The van der Waals surface area contributed by atoms with E-state index in [0.717, 1.165) is 12.8 Å². The average molecular weight is 585 g/mol. The highest BCUT2D eigenvalue weighted by molar-refractivity contribution is 5.37. The molecular formula is C40H56O3. The molecule has 3 rings (SSSR count). The van der Waals surface area contributed by atoms with Crippen molar-refractivity contribution < 1.29 is 14.9 Å². The number of aliphatic hydroxyl groups excluding tert-OH is 2. The second kappa shape index (κ2) is 13.9. The fourth-order valence-corrected chi connectivity index (χ4v) is 7.07. The van der Waals surface area contributed by atoms with Crippen LogP contribution in [0.15, 0.2) is 119 Å². The number of epoxide rings is 1. The third-order valence-electron chi connectivity index (χ3n) is 9.43. The number of ether oxygens (including phenoxy) is 1. The molecule has 2 N–H and O–H groups in total. The highest BCUT2D eigenvalue weighted by Gasteiger charge is 2.74. The van der Waals surface area contributed by atoms with Gasteiger partial charge in [0.2, 0.25) is 0 Å². The Labute approximate surface area is 262 Å². The predicted octanol–water partition coefficient (Wildman–Crippen LogP) is 9.61. The lowest BCUT2D eigenvalue weighted by Crippen LogP contribution is -2.46. The van der Waals surface area contributed by atoms with Crippen molar-refractivity contribution in [3.63, 3.8) is 0 Å². The molecule has 1 heterocycles. The molecule has 0 bridgehead atoms. The van der Waals surface area contributed by atoms with Crippen LogP contribution in [0.4, 0.5) is 0 Å². The van der Waals surface area contributed by atoms with Crippen LogP contribution in [-0.4, -0.2) is 33.6 Å². The van der Waals surface area contributed by atoms with Gasteiger partial charge in [0.15, 0.2) is 0 Å². The molecule has 0 aromatic rings. The first-order valence-electron chi connectivity index (χ1n) is 15.8. The van der Waals surface area contributed by atoms with Crippen LogP contribution in [-0.2, 0) is 4.74 Å². The van der Waals surface area contributed by atoms with Crippen molar-refractivity contribution in [3.05, 3.63) is 119 Å². The third-order valence-corrected chi connectivity index (χ3v) is 9.43. The molecule has 3 aliphatic rings. The van der Waals surface area contributed by atoms with Crippen molar-refractivity contribution in [1.29, 1.82) is 0 Å². The van der Waals surface area contributed by atoms with Gasteiger partial charge < -0.3 is 14.9 Å². The minimum Gasteiger partial charge on any atom is -0.393 e. The second-order valence-corrected chi connectivity index (χ2v) is 14.6. The van der Waals surface area contributed by atoms with Gasteiger partial charge in [0.25, 0.3) is 0 Å². The van der Waals surface area contributed by atoms with Gasteiger partial charge in [-0.15, -0.1) is 0 Å². The van der Waals surface area contributed by atoms with E-state index in [-0.39, 0.29) is 34.2 Å². The maximum Gasteiger partial charge on any atom is 0.121 e. The molecule has 43 heavy (non-hydrogen) atoms. The molecule has 0 amide bonds. The van der Waals surface area contributed by atoms with Gasteiger partial charge in [0.05, 0.1) is 12.2 Å². The number of rotatable bonds is 10. The Morgan fingerprint density at radius 2 is 1.23 bits per heavy atom. The van der Waals surface area contributed by atoms with E-state index in [2.05, 4.69) is 154 Å². The van der Waals surface area contributed by atoms with Gasteiger partial charge in [-0.25, -0.2) is 0 Å². The van der Waals surface area contributed by atoms with Gasteiger partial charge in [-0.05, 0) is 65.9 Å². The number of fused-ring (bicyclic) bond motifs is 1. The Morgan fingerprint density at radius 3 is 1.77 bits per heavy atom. The largest absolute Gasteiger partial charge is 0.393 e. The van der Waals surface area contributed by atoms with Crippen LogP contribution in [0.1, 0.15) is 88.5 Å². The van der Waals surface area contributed by atoms with Crippen LogP contribution in [0.5, 0.6) is 0 Å². The van der Waals surface area contributed by atoms with Crippen molar-refractivity contribution in [2.24, 2.45) is 16.7 Å². The van der Waals surface area contributed by atoms with Crippen molar-refractivity contribution >= 4 is 0 Å². The highest BCUT2D eigenvalue weighted by atomic mass is 16.6. The van der Waals surface area contributed by atoms with Gasteiger partial charge >= 0.3 is 0 Å². The first kappa shape index (κ1) is 34.8. The van der Waals surface area contributed by atoms with Crippen LogP contribution in [0, 0.1) is 16.7 Å². The molecule has 0 aromatic heterocycles. The van der Waals surface area contributed by atoms with Crippen molar-refractivity contribution in [2.45, 2.75) is 112 Å². The van der Waals surface area contributed by atoms with E-state index in [0.29, 0.717) is 12.3 Å². The summed E-state index contributed by atoms with van der Waals surface area (Å²) in [6.07, 6.45) is 33.5. The molecule has 1 saturated heterocycles. The average Bonchev–Trinajstić information content (AvgIpc) is 3.49. The SMILES string of the molecule is CC1=C[C@H](O)CC(C)(C)[C@@H]1/C=C/C(C)=C/C=C/C(C)=C/C=C/C=C(C)/C=C/C=C(C)\C=C\[C@]12O[C@]1(C)C[C@@H](O)CC2(C)C. The van der Waals surface area contributed by atoms with E-state index in [1.807, 2.05) is 6.08 Å². The zero-order valence-corrected chi connectivity index (χ0v) is 28.3. The van der Waals surface area contributed by atoms with E-state index >= 15 is 0 Å². The summed E-state index contributed by atoms with van der Waals surface area (Å²) in [6, 6.07) is 0. The maximum absolute atomic E-state index is 10.2. The van der Waals surface area contributed by atoms with Crippen LogP contribution < -0.4 is 0 Å². The highest BCUT2D eigenvalue weighted by Crippen LogP contribution is 2.66. The molecule has 0 unspecified atom stereocenters. The quantitative estimate of drug-likeness (QED) is 0.153. The first-order chi connectivity index (χ1) is 20.0. The summed E-state index contributed by atoms with van der Waals surface area (Å²) in [6.45, 7) is 21.5. The third kappa shape index (κ3) is 8.91. The summed E-state index contributed by atoms with van der Waals surface area (Å²) in [5, 5.41) is 20.3. The van der Waals surface area contributed by atoms with Crippen LogP contribution >= 0.6 is 0 Å². The Kier molecular flexibility index (Phi) is 11.3. The molecule has 2 aliphatic carbocycles. The van der Waals surface area contributed by atoms with E-state index < -0.39 is 0 Å². The van der Waals surface area contributed by atoms with E-state index in [1.54, 1.807) is 0 Å². The molecular weight excluding hydrogens is 528 g/mol. The second-order valence-electron chi connectivity index (χ2n) is 14.6. The van der Waals surface area contributed by atoms with Gasteiger partial charge in [0.1, 0.15) is 11.2 Å². The van der Waals surface area contributed by atoms with Gasteiger partial charge in [0, 0.05) is 17.8 Å². The molecule has 2 fully saturated rings. The monoisotopic (exact) mass is 584 g/mol. The Morgan fingerprint density at radius 1 is 0.721 bits per heavy atom. The van der Waals surface area contributed by atoms with Crippen LogP contribution in [0.25, 0.3) is 0 Å². The summed E-state index contributed by atoms with van der Waals surface area (Å²) in [7, 11) is 0. The number of hydrogen-bond donors (Lipinski definition) is 2. The lowest BCUT2D eigenvalue weighted by Gasteiger charge is -2.39. The smallest absolute Gasteiger partial charge is 0.121 e. The fraction of sp³-hybridized carbons (Fsp3) is 0.500. The maximum atomic E-state index is 10.2. The Bertz CT molecular complexity index is 1320. The molecule has 234 valence electrons. The van der Waals surface area contributed by atoms with Crippen molar-refractivity contribution in [3.8, 4) is 0 Å². The van der Waals surface area contributed by atoms with Crippen LogP contribution in [0.2, 0.25) is 0 Å². The molecule has 0 radical (unpaired) electrons. The fourth-order valence-electron chi connectivity index (χ4n) is 7.07. The number of hydrogen-bond acceptors (Lipinski definition) is 3. The lowest BCUT2D eigenvalue weighted by atomic mass is 9.63. The number of allylic oxidation sites excluding steroid dienone is 18. The Hall–Kier alpha value is -2.72. The molecule has 1 aliphatic heterocycles. The predicted molar refractivity (Wildman–Crippen MR) is 184 cm³/mol. The topological polar surface area (TPSA) is 53.0 Å².